The first kappa shape index (κ1) is 30.8. The average molecular weight is 641 g/mol. The third kappa shape index (κ3) is 9.16. The number of hydrogen-bond acceptors (Lipinski definition) is 4. The molecule has 1 fully saturated rings. The second-order valence-corrected chi connectivity index (χ2v) is 13.4. The van der Waals surface area contributed by atoms with Gasteiger partial charge in [-0.25, -0.2) is 8.42 Å². The smallest absolute Gasteiger partial charge is 0.243 e. The molecule has 3 aromatic carbocycles. The van der Waals surface area contributed by atoms with Crippen LogP contribution in [-0.4, -0.2) is 50.0 Å². The SMILES string of the molecule is CS(=O)(=O)N(CCCC(=O)N(Cc1cccc(Br)c1)[C@@H](Cc1ccccc1)C(=O)NC1CCCC1)c1ccccc1. The van der Waals surface area contributed by atoms with E-state index in [0.29, 0.717) is 18.5 Å². The highest BCUT2D eigenvalue weighted by Crippen LogP contribution is 2.22. The van der Waals surface area contributed by atoms with Gasteiger partial charge >= 0.3 is 0 Å². The zero-order chi connectivity index (χ0) is 29.2. The minimum atomic E-state index is -3.53. The van der Waals surface area contributed by atoms with Gasteiger partial charge in [0.1, 0.15) is 6.04 Å². The predicted molar refractivity (Wildman–Crippen MR) is 167 cm³/mol. The van der Waals surface area contributed by atoms with Crippen molar-refractivity contribution < 1.29 is 18.0 Å². The Morgan fingerprint density at radius 2 is 1.56 bits per heavy atom. The summed E-state index contributed by atoms with van der Waals surface area (Å²) in [6.07, 6.45) is 6.06. The summed E-state index contributed by atoms with van der Waals surface area (Å²) in [4.78, 5) is 29.4. The van der Waals surface area contributed by atoms with Gasteiger partial charge in [0.05, 0.1) is 11.9 Å². The minimum absolute atomic E-state index is 0.106. The zero-order valence-electron chi connectivity index (χ0n) is 23.4. The molecule has 1 aliphatic rings. The summed E-state index contributed by atoms with van der Waals surface area (Å²) in [5.74, 6) is -0.333. The quantitative estimate of drug-likeness (QED) is 0.260. The van der Waals surface area contributed by atoms with Crippen LogP contribution in [0.15, 0.2) is 89.4 Å². The van der Waals surface area contributed by atoms with E-state index in [4.69, 9.17) is 0 Å². The molecule has 0 spiro atoms. The first-order valence-corrected chi connectivity index (χ1v) is 16.8. The van der Waals surface area contributed by atoms with Crippen molar-refractivity contribution in [3.63, 3.8) is 0 Å². The zero-order valence-corrected chi connectivity index (χ0v) is 25.8. The molecule has 1 N–H and O–H groups in total. The van der Waals surface area contributed by atoms with Gasteiger partial charge in [0, 0.05) is 36.4 Å². The molecule has 1 saturated carbocycles. The molecular weight excluding hydrogens is 602 g/mol. The fourth-order valence-corrected chi connectivity index (χ4v) is 6.76. The maximum Gasteiger partial charge on any atom is 0.243 e. The average Bonchev–Trinajstić information content (AvgIpc) is 3.46. The molecule has 0 aromatic heterocycles. The maximum atomic E-state index is 13.9. The van der Waals surface area contributed by atoms with Crippen LogP contribution in [0.25, 0.3) is 0 Å². The number of amides is 2. The number of sulfonamides is 1. The molecular formula is C32H38BrN3O4S. The number of nitrogens with one attached hydrogen (secondary N) is 1. The lowest BCUT2D eigenvalue weighted by atomic mass is 10.0. The summed E-state index contributed by atoms with van der Waals surface area (Å²) in [6, 6.07) is 25.8. The van der Waals surface area contributed by atoms with Gasteiger partial charge < -0.3 is 10.2 Å². The van der Waals surface area contributed by atoms with E-state index in [1.165, 1.54) is 10.6 Å². The fraction of sp³-hybridized carbons (Fsp3) is 0.375. The standard InChI is InChI=1S/C32H38BrN3O4S/c1-41(39,40)36(29-18-6-3-7-19-29)21-11-20-31(37)35(24-26-14-10-15-27(33)22-26)30(23-25-12-4-2-5-13-25)32(38)34-28-16-8-9-17-28/h2-7,10,12-15,18-19,22,28,30H,8-9,11,16-17,20-21,23-24H2,1H3,(H,34,38)/t30-/m0/s1. The topological polar surface area (TPSA) is 86.8 Å². The largest absolute Gasteiger partial charge is 0.352 e. The number of carbonyl (C=O) groups is 2. The van der Waals surface area contributed by atoms with Crippen LogP contribution < -0.4 is 9.62 Å². The molecule has 9 heteroatoms. The van der Waals surface area contributed by atoms with Crippen LogP contribution in [-0.2, 0) is 32.6 Å². The first-order chi connectivity index (χ1) is 19.7. The van der Waals surface area contributed by atoms with E-state index in [1.54, 1.807) is 29.2 Å². The van der Waals surface area contributed by atoms with E-state index in [2.05, 4.69) is 21.2 Å². The van der Waals surface area contributed by atoms with E-state index < -0.39 is 16.1 Å². The molecule has 0 saturated heterocycles. The van der Waals surface area contributed by atoms with E-state index in [-0.39, 0.29) is 37.4 Å². The van der Waals surface area contributed by atoms with Crippen LogP contribution in [0.4, 0.5) is 5.69 Å². The number of hydrogen-bond donors (Lipinski definition) is 1. The van der Waals surface area contributed by atoms with Gasteiger partial charge in [-0.3, -0.25) is 13.9 Å². The summed E-state index contributed by atoms with van der Waals surface area (Å²) in [5.41, 5.74) is 2.44. The van der Waals surface area contributed by atoms with Crippen LogP contribution in [0.3, 0.4) is 0 Å². The molecule has 0 unspecified atom stereocenters. The number of benzene rings is 3. The van der Waals surface area contributed by atoms with Gasteiger partial charge in [0.25, 0.3) is 0 Å². The highest BCUT2D eigenvalue weighted by Gasteiger charge is 2.32. The van der Waals surface area contributed by atoms with Crippen molar-refractivity contribution in [3.8, 4) is 0 Å². The molecule has 3 aromatic rings. The molecule has 0 heterocycles. The van der Waals surface area contributed by atoms with Crippen molar-refractivity contribution in [1.82, 2.24) is 10.2 Å². The Balaban J connectivity index is 1.58. The second kappa shape index (κ2) is 14.6. The van der Waals surface area contributed by atoms with Crippen LogP contribution >= 0.6 is 15.9 Å². The molecule has 218 valence electrons. The number of anilines is 1. The number of rotatable bonds is 13. The lowest BCUT2D eigenvalue weighted by molar-refractivity contribution is -0.141. The lowest BCUT2D eigenvalue weighted by Crippen LogP contribution is -2.52. The summed E-state index contributed by atoms with van der Waals surface area (Å²) in [6.45, 7) is 0.430. The van der Waals surface area contributed by atoms with Crippen LogP contribution in [0.5, 0.6) is 0 Å². The first-order valence-electron chi connectivity index (χ1n) is 14.1. The third-order valence-corrected chi connectivity index (χ3v) is 9.10. The molecule has 1 aliphatic carbocycles. The Hall–Kier alpha value is -3.17. The second-order valence-electron chi connectivity index (χ2n) is 10.6. The van der Waals surface area contributed by atoms with Gasteiger partial charge in [-0.05, 0) is 54.7 Å². The van der Waals surface area contributed by atoms with E-state index in [0.717, 1.165) is 41.3 Å². The summed E-state index contributed by atoms with van der Waals surface area (Å²) >= 11 is 3.52. The van der Waals surface area contributed by atoms with Gasteiger partial charge in [-0.2, -0.15) is 0 Å². The van der Waals surface area contributed by atoms with Crippen LogP contribution in [0.2, 0.25) is 0 Å². The summed E-state index contributed by atoms with van der Waals surface area (Å²) in [5, 5.41) is 3.22. The maximum absolute atomic E-state index is 13.9. The highest BCUT2D eigenvalue weighted by molar-refractivity contribution is 9.10. The van der Waals surface area contributed by atoms with Gasteiger partial charge in [0.2, 0.25) is 21.8 Å². The number of halogens is 1. The molecule has 41 heavy (non-hydrogen) atoms. The van der Waals surface area contributed by atoms with Gasteiger partial charge in [0.15, 0.2) is 0 Å². The monoisotopic (exact) mass is 639 g/mol. The molecule has 0 aliphatic heterocycles. The molecule has 0 radical (unpaired) electrons. The molecule has 4 rings (SSSR count). The van der Waals surface area contributed by atoms with Crippen molar-refractivity contribution in [2.75, 3.05) is 17.1 Å². The van der Waals surface area contributed by atoms with Gasteiger partial charge in [-0.15, -0.1) is 0 Å². The third-order valence-electron chi connectivity index (χ3n) is 7.41. The van der Waals surface area contributed by atoms with E-state index in [1.807, 2.05) is 60.7 Å². The van der Waals surface area contributed by atoms with Crippen LogP contribution in [0.1, 0.15) is 49.7 Å². The lowest BCUT2D eigenvalue weighted by Gasteiger charge is -2.33. The minimum Gasteiger partial charge on any atom is -0.352 e. The summed E-state index contributed by atoms with van der Waals surface area (Å²) < 4.78 is 27.3. The number of carbonyl (C=O) groups excluding carboxylic acids is 2. The van der Waals surface area contributed by atoms with Crippen molar-refractivity contribution in [2.45, 2.75) is 63.6 Å². The fourth-order valence-electron chi connectivity index (χ4n) is 5.35. The van der Waals surface area contributed by atoms with Crippen molar-refractivity contribution in [1.29, 1.82) is 0 Å². The Morgan fingerprint density at radius 1 is 0.927 bits per heavy atom. The molecule has 1 atom stereocenters. The van der Waals surface area contributed by atoms with E-state index in [9.17, 15) is 18.0 Å². The van der Waals surface area contributed by atoms with E-state index >= 15 is 0 Å². The Labute approximate surface area is 252 Å². The van der Waals surface area contributed by atoms with Crippen LogP contribution in [0, 0.1) is 0 Å². The number of nitrogens with zero attached hydrogens (tertiary/aromatic N) is 2. The normalized spacial score (nSPS) is 14.4. The molecule has 0 bridgehead atoms. The highest BCUT2D eigenvalue weighted by atomic mass is 79.9. The number of para-hydroxylation sites is 1. The summed E-state index contributed by atoms with van der Waals surface area (Å²) in [7, 11) is -3.53. The predicted octanol–water partition coefficient (Wildman–Crippen LogP) is 5.69. The molecule has 7 nitrogen and oxygen atoms in total. The van der Waals surface area contributed by atoms with Gasteiger partial charge in [-0.1, -0.05) is 89.4 Å². The van der Waals surface area contributed by atoms with Crippen molar-refractivity contribution in [2.24, 2.45) is 0 Å². The Bertz CT molecular complexity index is 1400. The van der Waals surface area contributed by atoms with Crippen molar-refractivity contribution >= 4 is 43.5 Å². The Kier molecular flexibility index (Phi) is 11.0. The van der Waals surface area contributed by atoms with Crippen molar-refractivity contribution in [3.05, 3.63) is 101 Å². The molecule has 2 amide bonds. The Morgan fingerprint density at radius 3 is 2.20 bits per heavy atom.